The Hall–Kier alpha value is -2.91. The van der Waals surface area contributed by atoms with Gasteiger partial charge in [0, 0.05) is 29.1 Å². The number of benzene rings is 2. The highest BCUT2D eigenvalue weighted by Gasteiger charge is 2.15. The van der Waals surface area contributed by atoms with Crippen LogP contribution < -0.4 is 15.0 Å². The number of thiophene rings is 1. The first-order valence-corrected chi connectivity index (χ1v) is 11.9. The summed E-state index contributed by atoms with van der Waals surface area (Å²) in [5, 5.41) is 9.53. The van der Waals surface area contributed by atoms with Crippen molar-refractivity contribution in [2.24, 2.45) is 0 Å². The molecule has 3 heterocycles. The fraction of sp³-hybridized carbons (Fsp3) is 0.280. The number of aromatic nitrogens is 2. The Morgan fingerprint density at radius 3 is 2.41 bits per heavy atom. The molecular formula is C25H26ClN3O4S. The number of methoxy groups -OCH3 is 2. The number of aliphatic hydroxyl groups is 1. The molecule has 0 amide bonds. The molecule has 1 aliphatic rings. The molecular weight excluding hydrogens is 474 g/mol. The Bertz CT molecular complexity index is 1330. The van der Waals surface area contributed by atoms with Gasteiger partial charge in [-0.15, -0.1) is 11.3 Å². The summed E-state index contributed by atoms with van der Waals surface area (Å²) in [5.41, 5.74) is 2.21. The number of likely N-dealkylation sites (tertiary alicyclic amines) is 1. The van der Waals surface area contributed by atoms with Gasteiger partial charge in [-0.1, -0.05) is 23.7 Å². The molecule has 1 saturated heterocycles. The van der Waals surface area contributed by atoms with Crippen LogP contribution in [0.1, 0.15) is 6.42 Å². The predicted molar refractivity (Wildman–Crippen MR) is 137 cm³/mol. The second-order valence-electron chi connectivity index (χ2n) is 8.00. The number of rotatable bonds is 4. The van der Waals surface area contributed by atoms with Crippen molar-refractivity contribution in [2.45, 2.75) is 12.5 Å². The van der Waals surface area contributed by atoms with Crippen LogP contribution in [0, 0.1) is 0 Å². The fourth-order valence-electron chi connectivity index (χ4n) is 3.74. The Morgan fingerprint density at radius 1 is 1.09 bits per heavy atom. The Balaban J connectivity index is 0.000000336. The van der Waals surface area contributed by atoms with Crippen molar-refractivity contribution in [1.82, 2.24) is 14.5 Å². The zero-order valence-corrected chi connectivity index (χ0v) is 20.8. The van der Waals surface area contributed by atoms with E-state index in [9.17, 15) is 4.79 Å². The second kappa shape index (κ2) is 10.6. The Kier molecular flexibility index (Phi) is 7.53. The molecule has 2 aromatic carbocycles. The van der Waals surface area contributed by atoms with E-state index in [4.69, 9.17) is 26.2 Å². The minimum absolute atomic E-state index is 0.0509. The molecule has 0 bridgehead atoms. The summed E-state index contributed by atoms with van der Waals surface area (Å²) in [5.74, 6) is 1.15. The first-order valence-electron chi connectivity index (χ1n) is 10.8. The molecule has 1 unspecified atom stereocenters. The van der Waals surface area contributed by atoms with Gasteiger partial charge in [0.2, 0.25) is 0 Å². The summed E-state index contributed by atoms with van der Waals surface area (Å²) in [7, 11) is 5.15. The molecule has 178 valence electrons. The molecule has 0 radical (unpaired) electrons. The molecule has 0 aliphatic carbocycles. The highest BCUT2D eigenvalue weighted by molar-refractivity contribution is 7.22. The molecule has 34 heavy (non-hydrogen) atoms. The lowest BCUT2D eigenvalue weighted by Crippen LogP contribution is -2.17. The van der Waals surface area contributed by atoms with Gasteiger partial charge in [0.25, 0.3) is 5.56 Å². The molecule has 2 aromatic heterocycles. The van der Waals surface area contributed by atoms with Gasteiger partial charge in [0.1, 0.15) is 11.0 Å². The van der Waals surface area contributed by atoms with Crippen molar-refractivity contribution in [3.8, 4) is 27.6 Å². The number of halogens is 1. The smallest absolute Gasteiger partial charge is 0.275 e. The zero-order valence-electron chi connectivity index (χ0n) is 19.2. The number of aliphatic hydroxyl groups excluding tert-OH is 1. The highest BCUT2D eigenvalue weighted by atomic mass is 35.5. The number of β-amino-alcohol motifs (C(OH)–C–C–N with tert-alkyl or cyclic N) is 1. The summed E-state index contributed by atoms with van der Waals surface area (Å²) in [6, 6.07) is 14.8. The average Bonchev–Trinajstić information content (AvgIpc) is 3.45. The molecule has 9 heteroatoms. The largest absolute Gasteiger partial charge is 0.493 e. The van der Waals surface area contributed by atoms with Gasteiger partial charge in [-0.05, 0) is 49.4 Å². The molecule has 1 aliphatic heterocycles. The summed E-state index contributed by atoms with van der Waals surface area (Å²) in [6.45, 7) is 1.92. The third-order valence-electron chi connectivity index (χ3n) is 5.58. The summed E-state index contributed by atoms with van der Waals surface area (Å²) < 4.78 is 12.7. The number of likely N-dealkylation sites (N-methyl/N-ethyl adjacent to an activating group) is 1. The molecule has 5 rings (SSSR count). The molecule has 1 atom stereocenters. The second-order valence-corrected chi connectivity index (χ2v) is 9.48. The quantitative estimate of drug-likeness (QED) is 0.446. The van der Waals surface area contributed by atoms with Crippen LogP contribution in [0.5, 0.6) is 11.5 Å². The number of nitrogens with zero attached hydrogens (tertiary/aromatic N) is 3. The Morgan fingerprint density at radius 2 is 1.82 bits per heavy atom. The topological polar surface area (TPSA) is 76.8 Å². The van der Waals surface area contributed by atoms with E-state index < -0.39 is 0 Å². The van der Waals surface area contributed by atoms with E-state index in [0.717, 1.165) is 30.0 Å². The third kappa shape index (κ3) is 5.26. The average molecular weight is 500 g/mol. The van der Waals surface area contributed by atoms with E-state index >= 15 is 0 Å². The van der Waals surface area contributed by atoms with Crippen LogP contribution in [-0.4, -0.2) is 60.0 Å². The van der Waals surface area contributed by atoms with Crippen LogP contribution in [0.4, 0.5) is 0 Å². The molecule has 1 N–H and O–H groups in total. The van der Waals surface area contributed by atoms with Gasteiger partial charge in [-0.25, -0.2) is 4.98 Å². The monoisotopic (exact) mass is 499 g/mol. The van der Waals surface area contributed by atoms with Gasteiger partial charge in [-0.3, -0.25) is 9.36 Å². The van der Waals surface area contributed by atoms with Gasteiger partial charge >= 0.3 is 0 Å². The van der Waals surface area contributed by atoms with Crippen LogP contribution in [0.25, 0.3) is 26.3 Å². The molecule has 1 fully saturated rings. The van der Waals surface area contributed by atoms with Crippen molar-refractivity contribution in [3.63, 3.8) is 0 Å². The number of hydrogen-bond donors (Lipinski definition) is 1. The lowest BCUT2D eigenvalue weighted by atomic mass is 10.2. The van der Waals surface area contributed by atoms with Crippen LogP contribution in [0.15, 0.2) is 59.7 Å². The van der Waals surface area contributed by atoms with E-state index in [1.165, 1.54) is 22.2 Å². The molecule has 0 saturated carbocycles. The van der Waals surface area contributed by atoms with Crippen molar-refractivity contribution >= 4 is 33.2 Å². The van der Waals surface area contributed by atoms with Crippen molar-refractivity contribution in [1.29, 1.82) is 0 Å². The van der Waals surface area contributed by atoms with Crippen molar-refractivity contribution in [3.05, 3.63) is 70.2 Å². The van der Waals surface area contributed by atoms with E-state index in [0.29, 0.717) is 32.4 Å². The minimum atomic E-state index is -0.127. The Labute approximate surface area is 206 Å². The maximum absolute atomic E-state index is 13.0. The zero-order chi connectivity index (χ0) is 24.2. The van der Waals surface area contributed by atoms with Crippen LogP contribution in [0.2, 0.25) is 5.02 Å². The number of ether oxygens (including phenoxy) is 2. The van der Waals surface area contributed by atoms with Crippen molar-refractivity contribution < 1.29 is 14.6 Å². The van der Waals surface area contributed by atoms with E-state index in [-0.39, 0.29) is 11.7 Å². The van der Waals surface area contributed by atoms with E-state index in [1.807, 2.05) is 37.4 Å². The molecule has 7 nitrogen and oxygen atoms in total. The summed E-state index contributed by atoms with van der Waals surface area (Å²) in [6.07, 6.45) is 2.44. The third-order valence-corrected chi connectivity index (χ3v) is 6.99. The van der Waals surface area contributed by atoms with Gasteiger partial charge in [0.05, 0.1) is 31.5 Å². The molecule has 4 aromatic rings. The lowest BCUT2D eigenvalue weighted by molar-refractivity contribution is 0.183. The summed E-state index contributed by atoms with van der Waals surface area (Å²) >= 11 is 7.37. The maximum Gasteiger partial charge on any atom is 0.275 e. The normalized spacial score (nSPS) is 15.7. The number of fused-ring (bicyclic) bond motifs is 1. The van der Waals surface area contributed by atoms with Gasteiger partial charge < -0.3 is 19.5 Å². The van der Waals surface area contributed by atoms with Gasteiger partial charge in [0.15, 0.2) is 11.5 Å². The number of hydrogen-bond acceptors (Lipinski definition) is 7. The highest BCUT2D eigenvalue weighted by Crippen LogP contribution is 2.32. The first-order chi connectivity index (χ1) is 16.4. The van der Waals surface area contributed by atoms with Crippen LogP contribution >= 0.6 is 22.9 Å². The van der Waals surface area contributed by atoms with Gasteiger partial charge in [-0.2, -0.15) is 0 Å². The SMILES string of the molecule is CN1CCC(O)C1.COc1ccc(-n2cnc3cc(-c4ccc(Cl)cc4)sc3c2=O)cc1OC. The van der Waals surface area contributed by atoms with E-state index in [1.54, 1.807) is 32.4 Å². The fourth-order valence-corrected chi connectivity index (χ4v) is 4.91. The first kappa shape index (κ1) is 24.2. The molecule has 0 spiro atoms. The van der Waals surface area contributed by atoms with Crippen LogP contribution in [0.3, 0.4) is 0 Å². The summed E-state index contributed by atoms with van der Waals surface area (Å²) in [4.78, 5) is 20.6. The van der Waals surface area contributed by atoms with E-state index in [2.05, 4.69) is 9.88 Å². The lowest BCUT2D eigenvalue weighted by Gasteiger charge is -2.10. The maximum atomic E-state index is 13.0. The standard InChI is InChI=1S/C20H15ClN2O3S.C5H11NO/c1-25-16-8-7-14(9-17(16)26-2)23-11-22-15-10-18(27-19(15)20(23)24)12-3-5-13(21)6-4-12;1-6-3-2-5(7)4-6/h3-11H,1-2H3;5,7H,2-4H2,1H3. The minimum Gasteiger partial charge on any atom is -0.493 e. The predicted octanol–water partition coefficient (Wildman–Crippen LogP) is 4.47. The van der Waals surface area contributed by atoms with Crippen molar-refractivity contribution in [2.75, 3.05) is 34.4 Å². The van der Waals surface area contributed by atoms with Crippen LogP contribution in [-0.2, 0) is 0 Å².